The van der Waals surface area contributed by atoms with Crippen LogP contribution in [0.15, 0.2) is 48.8 Å². The van der Waals surface area contributed by atoms with Gasteiger partial charge in [-0.1, -0.05) is 6.07 Å². The highest BCUT2D eigenvalue weighted by Crippen LogP contribution is 2.36. The summed E-state index contributed by atoms with van der Waals surface area (Å²) in [5.74, 6) is -1.27. The molecule has 4 rings (SSSR count). The topological polar surface area (TPSA) is 97.7 Å². The Morgan fingerprint density at radius 3 is 2.76 bits per heavy atom. The van der Waals surface area contributed by atoms with Crippen molar-refractivity contribution in [2.45, 2.75) is 37.3 Å². The third-order valence-corrected chi connectivity index (χ3v) is 5.79. The molecule has 7 nitrogen and oxygen atoms in total. The summed E-state index contributed by atoms with van der Waals surface area (Å²) in [6, 6.07) is 8.29. The Kier molecular flexibility index (Phi) is 5.44. The molecule has 1 aromatic heterocycles. The van der Waals surface area contributed by atoms with E-state index in [1.165, 1.54) is 12.1 Å². The van der Waals surface area contributed by atoms with Crippen LogP contribution in [0.4, 0.5) is 10.1 Å². The molecule has 4 N–H and O–H groups in total. The lowest BCUT2D eigenvalue weighted by Gasteiger charge is -2.41. The normalized spacial score (nSPS) is 28.6. The fourth-order valence-corrected chi connectivity index (χ4v) is 4.43. The summed E-state index contributed by atoms with van der Waals surface area (Å²) in [6.07, 6.45) is 1.27. The number of thiocarbonyl (C=S) groups is 1. The molecule has 1 saturated heterocycles. The molecule has 2 fully saturated rings. The van der Waals surface area contributed by atoms with E-state index in [1.54, 1.807) is 35.5 Å². The number of hydrogen-bond donors (Lipinski definition) is 4. The molecule has 0 spiro atoms. The van der Waals surface area contributed by atoms with Crippen LogP contribution in [0.25, 0.3) is 0 Å². The molecule has 2 aliphatic rings. The van der Waals surface area contributed by atoms with Gasteiger partial charge in [-0.05, 0) is 54.5 Å². The molecule has 2 heterocycles. The van der Waals surface area contributed by atoms with Crippen molar-refractivity contribution in [3.63, 3.8) is 0 Å². The van der Waals surface area contributed by atoms with Gasteiger partial charge in [0.1, 0.15) is 11.9 Å². The van der Waals surface area contributed by atoms with Crippen molar-refractivity contribution in [2.24, 2.45) is 5.92 Å². The maximum atomic E-state index is 13.4. The van der Waals surface area contributed by atoms with Gasteiger partial charge in [-0.3, -0.25) is 9.78 Å². The van der Waals surface area contributed by atoms with Crippen molar-refractivity contribution in [3.8, 4) is 0 Å². The average Bonchev–Trinajstić information content (AvgIpc) is 3.07. The number of aromatic nitrogens is 1. The number of nitrogens with one attached hydrogen (secondary N) is 2. The Balaban J connectivity index is 1.60. The molecule has 1 amide bonds. The largest absolute Gasteiger partial charge is 0.390 e. The van der Waals surface area contributed by atoms with Crippen molar-refractivity contribution in [1.82, 2.24) is 15.6 Å². The number of amides is 1. The van der Waals surface area contributed by atoms with E-state index in [4.69, 9.17) is 12.2 Å². The SMILES string of the molecule is O=C(NCc1cccnc1)[C@H]1C[C@@H](O)[C@H](O)[C@H]2NC(=S)N(c3ccc(F)cc3)[C@@H]21. The van der Waals surface area contributed by atoms with Gasteiger partial charge in [0.2, 0.25) is 5.91 Å². The first kappa shape index (κ1) is 19.7. The summed E-state index contributed by atoms with van der Waals surface area (Å²) in [6.45, 7) is 0.299. The van der Waals surface area contributed by atoms with Crippen LogP contribution >= 0.6 is 12.2 Å². The molecule has 1 saturated carbocycles. The zero-order chi connectivity index (χ0) is 20.5. The summed E-state index contributed by atoms with van der Waals surface area (Å²) in [5.41, 5.74) is 1.47. The molecule has 0 unspecified atom stereocenters. The first-order valence-electron chi connectivity index (χ1n) is 9.34. The molecule has 29 heavy (non-hydrogen) atoms. The number of fused-ring (bicyclic) bond motifs is 1. The minimum Gasteiger partial charge on any atom is -0.390 e. The summed E-state index contributed by atoms with van der Waals surface area (Å²) in [4.78, 5) is 18.8. The molecule has 9 heteroatoms. The fourth-order valence-electron chi connectivity index (χ4n) is 4.07. The third kappa shape index (κ3) is 3.81. The highest BCUT2D eigenvalue weighted by Gasteiger charge is 2.53. The van der Waals surface area contributed by atoms with E-state index in [0.717, 1.165) is 5.56 Å². The van der Waals surface area contributed by atoms with E-state index >= 15 is 0 Å². The van der Waals surface area contributed by atoms with Crippen LogP contribution in [0.1, 0.15) is 12.0 Å². The van der Waals surface area contributed by atoms with Crippen molar-refractivity contribution in [2.75, 3.05) is 4.90 Å². The summed E-state index contributed by atoms with van der Waals surface area (Å²) < 4.78 is 13.4. The van der Waals surface area contributed by atoms with Gasteiger partial charge < -0.3 is 25.7 Å². The summed E-state index contributed by atoms with van der Waals surface area (Å²) in [5, 5.41) is 27.0. The molecule has 0 bridgehead atoms. The standard InChI is InChI=1S/C20H21FN4O3S/c21-12-3-5-13(6-4-12)25-17-14(8-15(26)18(27)16(17)24-20(25)29)19(28)23-10-11-2-1-7-22-9-11/h1-7,9,14-18,26-27H,8,10H2,(H,23,28)(H,24,29)/t14-,15+,16-,17+,18-/m0/s1. The number of carbonyl (C=O) groups excluding carboxylic acids is 1. The van der Waals surface area contributed by atoms with Crippen LogP contribution in [-0.2, 0) is 11.3 Å². The first-order valence-corrected chi connectivity index (χ1v) is 9.74. The molecule has 5 atom stereocenters. The molecule has 1 aromatic carbocycles. The molecule has 1 aliphatic heterocycles. The van der Waals surface area contributed by atoms with E-state index in [9.17, 15) is 19.4 Å². The predicted octanol–water partition coefficient (Wildman–Crippen LogP) is 0.710. The van der Waals surface area contributed by atoms with Gasteiger partial charge in [-0.15, -0.1) is 0 Å². The van der Waals surface area contributed by atoms with Crippen molar-refractivity contribution in [1.29, 1.82) is 0 Å². The second kappa shape index (κ2) is 8.02. The number of hydrogen-bond acceptors (Lipinski definition) is 5. The number of carbonyl (C=O) groups is 1. The molecule has 2 aromatic rings. The number of nitrogens with zero attached hydrogens (tertiary/aromatic N) is 2. The van der Waals surface area contributed by atoms with Gasteiger partial charge in [-0.25, -0.2) is 4.39 Å². The minimum atomic E-state index is -1.08. The Bertz CT molecular complexity index is 898. The summed E-state index contributed by atoms with van der Waals surface area (Å²) >= 11 is 5.43. The minimum absolute atomic E-state index is 0.0865. The number of rotatable bonds is 4. The zero-order valence-corrected chi connectivity index (χ0v) is 16.2. The van der Waals surface area contributed by atoms with Crippen LogP contribution in [-0.4, -0.2) is 50.5 Å². The zero-order valence-electron chi connectivity index (χ0n) is 15.4. The van der Waals surface area contributed by atoms with Gasteiger partial charge in [0.15, 0.2) is 5.11 Å². The lowest BCUT2D eigenvalue weighted by molar-refractivity contribution is -0.131. The van der Waals surface area contributed by atoms with Gasteiger partial charge in [0.05, 0.1) is 24.1 Å². The van der Waals surface area contributed by atoms with Crippen LogP contribution in [0, 0.1) is 11.7 Å². The number of pyridine rings is 1. The van der Waals surface area contributed by atoms with Gasteiger partial charge in [0, 0.05) is 24.6 Å². The second-order valence-electron chi connectivity index (χ2n) is 7.29. The van der Waals surface area contributed by atoms with Crippen molar-refractivity contribution < 1.29 is 19.4 Å². The molecular formula is C20H21FN4O3S. The van der Waals surface area contributed by atoms with Crippen LogP contribution < -0.4 is 15.5 Å². The van der Waals surface area contributed by atoms with Crippen LogP contribution in [0.5, 0.6) is 0 Å². The van der Waals surface area contributed by atoms with E-state index in [-0.39, 0.29) is 18.1 Å². The van der Waals surface area contributed by atoms with E-state index in [1.807, 2.05) is 6.07 Å². The number of anilines is 1. The van der Waals surface area contributed by atoms with Gasteiger partial charge in [-0.2, -0.15) is 0 Å². The van der Waals surface area contributed by atoms with Gasteiger partial charge in [0.25, 0.3) is 0 Å². The smallest absolute Gasteiger partial charge is 0.225 e. The van der Waals surface area contributed by atoms with Crippen LogP contribution in [0.2, 0.25) is 0 Å². The first-order chi connectivity index (χ1) is 14.0. The second-order valence-corrected chi connectivity index (χ2v) is 7.68. The number of benzene rings is 1. The maximum Gasteiger partial charge on any atom is 0.225 e. The molecule has 152 valence electrons. The summed E-state index contributed by atoms with van der Waals surface area (Å²) in [7, 11) is 0. The third-order valence-electron chi connectivity index (χ3n) is 5.48. The Morgan fingerprint density at radius 1 is 1.31 bits per heavy atom. The van der Waals surface area contributed by atoms with Crippen molar-refractivity contribution >= 4 is 28.9 Å². The Labute approximate surface area is 172 Å². The lowest BCUT2D eigenvalue weighted by atomic mass is 9.77. The fraction of sp³-hybridized carbons (Fsp3) is 0.350. The maximum absolute atomic E-state index is 13.4. The van der Waals surface area contributed by atoms with Crippen LogP contribution in [0.3, 0.4) is 0 Å². The number of halogens is 1. The number of aliphatic hydroxyl groups excluding tert-OH is 2. The van der Waals surface area contributed by atoms with E-state index < -0.39 is 30.2 Å². The van der Waals surface area contributed by atoms with Crippen molar-refractivity contribution in [3.05, 3.63) is 60.2 Å². The Hall–Kier alpha value is -2.62. The van der Waals surface area contributed by atoms with E-state index in [2.05, 4.69) is 15.6 Å². The predicted molar refractivity (Wildman–Crippen MR) is 108 cm³/mol. The highest BCUT2D eigenvalue weighted by atomic mass is 32.1. The van der Waals surface area contributed by atoms with E-state index in [0.29, 0.717) is 17.3 Å². The van der Waals surface area contributed by atoms with Gasteiger partial charge >= 0.3 is 0 Å². The average molecular weight is 416 g/mol. The quantitative estimate of drug-likeness (QED) is 0.545. The Morgan fingerprint density at radius 2 is 2.07 bits per heavy atom. The molecular weight excluding hydrogens is 395 g/mol. The monoisotopic (exact) mass is 416 g/mol. The highest BCUT2D eigenvalue weighted by molar-refractivity contribution is 7.80. The molecule has 1 aliphatic carbocycles. The molecule has 0 radical (unpaired) electrons. The number of aliphatic hydroxyl groups is 2. The lowest BCUT2D eigenvalue weighted by Crippen LogP contribution is -2.60.